The van der Waals surface area contributed by atoms with Crippen molar-refractivity contribution in [3.63, 3.8) is 0 Å². The van der Waals surface area contributed by atoms with Crippen LogP contribution in [-0.2, 0) is 0 Å². The van der Waals surface area contributed by atoms with E-state index >= 15 is 0 Å². The van der Waals surface area contributed by atoms with Crippen molar-refractivity contribution < 1.29 is 4.79 Å². The van der Waals surface area contributed by atoms with E-state index in [0.29, 0.717) is 17.6 Å². The maximum Gasteiger partial charge on any atom is 0.253 e. The summed E-state index contributed by atoms with van der Waals surface area (Å²) in [6.45, 7) is 3.52. The summed E-state index contributed by atoms with van der Waals surface area (Å²) >= 11 is 0. The molecule has 0 bridgehead atoms. The van der Waals surface area contributed by atoms with E-state index in [9.17, 15) is 4.79 Å². The summed E-state index contributed by atoms with van der Waals surface area (Å²) in [6, 6.07) is 11.6. The Morgan fingerprint density at radius 3 is 2.96 bits per heavy atom. The van der Waals surface area contributed by atoms with Crippen LogP contribution in [0.25, 0.3) is 22.1 Å². The van der Waals surface area contributed by atoms with Crippen LogP contribution in [0.3, 0.4) is 0 Å². The van der Waals surface area contributed by atoms with Gasteiger partial charge in [-0.1, -0.05) is 12.1 Å². The van der Waals surface area contributed by atoms with Gasteiger partial charge in [-0.25, -0.2) is 4.98 Å². The topological polar surface area (TPSA) is 90.6 Å². The molecule has 3 heterocycles. The van der Waals surface area contributed by atoms with Gasteiger partial charge in [0.2, 0.25) is 0 Å². The third-order valence-corrected chi connectivity index (χ3v) is 5.39. The number of carbonyl (C=O) groups is 1. The van der Waals surface area contributed by atoms with E-state index < -0.39 is 0 Å². The highest BCUT2D eigenvalue weighted by Crippen LogP contribution is 2.28. The highest BCUT2D eigenvalue weighted by molar-refractivity contribution is 5.97. The van der Waals surface area contributed by atoms with Crippen LogP contribution < -0.4 is 0 Å². The Balaban J connectivity index is 1.40. The zero-order valence-corrected chi connectivity index (χ0v) is 15.1. The third-order valence-electron chi connectivity index (χ3n) is 5.39. The zero-order chi connectivity index (χ0) is 18.4. The first-order chi connectivity index (χ1) is 13.2. The number of para-hydroxylation sites is 1. The maximum atomic E-state index is 13.0. The van der Waals surface area contributed by atoms with Crippen molar-refractivity contribution in [3.8, 4) is 0 Å². The number of aromatic nitrogens is 5. The fourth-order valence-corrected chi connectivity index (χ4v) is 3.93. The van der Waals surface area contributed by atoms with Crippen LogP contribution in [0, 0.1) is 6.92 Å². The molecule has 1 aliphatic rings. The lowest BCUT2D eigenvalue weighted by atomic mass is 9.96. The summed E-state index contributed by atoms with van der Waals surface area (Å²) in [5.41, 5.74) is 5.37. The van der Waals surface area contributed by atoms with Crippen LogP contribution in [0.4, 0.5) is 0 Å². The third kappa shape index (κ3) is 2.75. The molecule has 1 amide bonds. The predicted molar refractivity (Wildman–Crippen MR) is 103 cm³/mol. The van der Waals surface area contributed by atoms with E-state index in [1.807, 2.05) is 23.1 Å². The number of benzene rings is 2. The molecule has 7 heteroatoms. The molecule has 5 rings (SSSR count). The molecular formula is C20H20N6O. The van der Waals surface area contributed by atoms with Crippen molar-refractivity contribution >= 4 is 28.0 Å². The Bertz CT molecular complexity index is 1140. The van der Waals surface area contributed by atoms with Crippen molar-refractivity contribution in [2.75, 3.05) is 13.1 Å². The zero-order valence-electron chi connectivity index (χ0n) is 15.1. The fraction of sp³-hybridized carbons (Fsp3) is 0.300. The van der Waals surface area contributed by atoms with Crippen LogP contribution in [0.15, 0.2) is 36.4 Å². The van der Waals surface area contributed by atoms with Gasteiger partial charge in [-0.05, 0) is 49.6 Å². The number of likely N-dealkylation sites (tertiary alicyclic amines) is 1. The van der Waals surface area contributed by atoms with E-state index in [2.05, 4.69) is 39.5 Å². The quantitative estimate of drug-likeness (QED) is 0.574. The Kier molecular flexibility index (Phi) is 3.67. The molecular weight excluding hydrogens is 340 g/mol. The number of hydrogen-bond acceptors (Lipinski definition) is 4. The van der Waals surface area contributed by atoms with E-state index in [-0.39, 0.29) is 11.8 Å². The summed E-state index contributed by atoms with van der Waals surface area (Å²) in [7, 11) is 0. The van der Waals surface area contributed by atoms with Gasteiger partial charge < -0.3 is 9.88 Å². The number of imidazole rings is 1. The summed E-state index contributed by atoms with van der Waals surface area (Å²) in [4.78, 5) is 23.2. The number of H-pyrrole nitrogens is 2. The predicted octanol–water partition coefficient (Wildman–Crippen LogP) is 3.16. The van der Waals surface area contributed by atoms with Crippen molar-refractivity contribution in [2.24, 2.45) is 0 Å². The molecule has 1 aliphatic heterocycles. The average molecular weight is 360 g/mol. The Labute approximate surface area is 155 Å². The van der Waals surface area contributed by atoms with Gasteiger partial charge in [0.25, 0.3) is 5.91 Å². The van der Waals surface area contributed by atoms with Gasteiger partial charge in [-0.15, -0.1) is 0 Å². The minimum absolute atomic E-state index is 0.0388. The molecule has 1 saturated heterocycles. The van der Waals surface area contributed by atoms with Gasteiger partial charge >= 0.3 is 0 Å². The number of fused-ring (bicyclic) bond motifs is 2. The number of aryl methyl sites for hydroxylation is 1. The highest BCUT2D eigenvalue weighted by atomic mass is 16.2. The van der Waals surface area contributed by atoms with Gasteiger partial charge in [-0.3, -0.25) is 4.79 Å². The molecule has 0 saturated carbocycles. The molecule has 0 radical (unpaired) electrons. The average Bonchev–Trinajstić information content (AvgIpc) is 3.34. The molecule has 7 nitrogen and oxygen atoms in total. The fourth-order valence-electron chi connectivity index (χ4n) is 3.93. The normalized spacial score (nSPS) is 17.7. The Hall–Kier alpha value is -3.22. The lowest BCUT2D eigenvalue weighted by Crippen LogP contribution is -2.39. The minimum atomic E-state index is 0.0388. The molecule has 2 aromatic carbocycles. The molecule has 1 atom stereocenters. The minimum Gasteiger partial charge on any atom is -0.342 e. The molecule has 136 valence electrons. The molecule has 0 spiro atoms. The lowest BCUT2D eigenvalue weighted by Gasteiger charge is -2.32. The summed E-state index contributed by atoms with van der Waals surface area (Å²) in [5, 5.41) is 10.7. The molecule has 2 N–H and O–H groups in total. The molecule has 1 fully saturated rings. The molecule has 2 aromatic heterocycles. The number of carbonyl (C=O) groups excluding carboxylic acids is 1. The maximum absolute atomic E-state index is 13.0. The largest absolute Gasteiger partial charge is 0.342 e. The summed E-state index contributed by atoms with van der Waals surface area (Å²) in [6.07, 6.45) is 2.00. The van der Waals surface area contributed by atoms with Crippen LogP contribution in [0.5, 0.6) is 0 Å². The number of piperidine rings is 1. The van der Waals surface area contributed by atoms with Crippen LogP contribution in [0.2, 0.25) is 0 Å². The number of hydrogen-bond donors (Lipinski definition) is 2. The monoisotopic (exact) mass is 360 g/mol. The number of rotatable bonds is 2. The van der Waals surface area contributed by atoms with Gasteiger partial charge in [0, 0.05) is 24.6 Å². The summed E-state index contributed by atoms with van der Waals surface area (Å²) < 4.78 is 0. The van der Waals surface area contributed by atoms with Gasteiger partial charge in [0.15, 0.2) is 0 Å². The highest BCUT2D eigenvalue weighted by Gasteiger charge is 2.27. The number of aromatic amines is 2. The number of amides is 1. The van der Waals surface area contributed by atoms with E-state index in [4.69, 9.17) is 4.98 Å². The standard InChI is InChI=1S/C20H20N6O/c1-12-4-2-6-16-18(12)22-19(21-16)14-5-3-9-26(11-14)20(27)13-7-8-15-17(10-13)24-25-23-15/h2,4,6-8,10,14H,3,5,9,11H2,1H3,(H,21,22)(H,23,24,25). The Morgan fingerprint density at radius 1 is 1.19 bits per heavy atom. The van der Waals surface area contributed by atoms with E-state index in [1.165, 1.54) is 5.56 Å². The van der Waals surface area contributed by atoms with E-state index in [1.54, 1.807) is 6.07 Å². The van der Waals surface area contributed by atoms with Crippen molar-refractivity contribution in [2.45, 2.75) is 25.7 Å². The van der Waals surface area contributed by atoms with Gasteiger partial charge in [-0.2, -0.15) is 15.4 Å². The molecule has 4 aromatic rings. The second-order valence-corrected chi connectivity index (χ2v) is 7.21. The van der Waals surface area contributed by atoms with Gasteiger partial charge in [0.1, 0.15) is 16.9 Å². The van der Waals surface area contributed by atoms with Crippen molar-refractivity contribution in [1.82, 2.24) is 30.3 Å². The second kappa shape index (κ2) is 6.19. The first-order valence-corrected chi connectivity index (χ1v) is 9.24. The summed E-state index contributed by atoms with van der Waals surface area (Å²) in [5.74, 6) is 1.24. The smallest absolute Gasteiger partial charge is 0.253 e. The number of nitrogens with zero attached hydrogens (tertiary/aromatic N) is 4. The first-order valence-electron chi connectivity index (χ1n) is 9.24. The molecule has 1 unspecified atom stereocenters. The second-order valence-electron chi connectivity index (χ2n) is 7.21. The lowest BCUT2D eigenvalue weighted by molar-refractivity contribution is 0.0705. The SMILES string of the molecule is Cc1cccc2[nH]c(C3CCCN(C(=O)c4ccc5n[nH]nc5c4)C3)nc12. The van der Waals surface area contributed by atoms with Gasteiger partial charge in [0.05, 0.1) is 11.0 Å². The van der Waals surface area contributed by atoms with Crippen LogP contribution in [-0.4, -0.2) is 49.3 Å². The van der Waals surface area contributed by atoms with Crippen LogP contribution >= 0.6 is 0 Å². The first kappa shape index (κ1) is 16.0. The molecule has 27 heavy (non-hydrogen) atoms. The Morgan fingerprint density at radius 2 is 2.07 bits per heavy atom. The molecule has 0 aliphatic carbocycles. The number of nitrogens with one attached hydrogen (secondary N) is 2. The van der Waals surface area contributed by atoms with E-state index in [0.717, 1.165) is 41.8 Å². The van der Waals surface area contributed by atoms with Crippen molar-refractivity contribution in [3.05, 3.63) is 53.3 Å². The van der Waals surface area contributed by atoms with Crippen LogP contribution in [0.1, 0.15) is 40.5 Å². The van der Waals surface area contributed by atoms with Crippen molar-refractivity contribution in [1.29, 1.82) is 0 Å².